The molecule has 1 aromatic carbocycles. The van der Waals surface area contributed by atoms with E-state index in [1.54, 1.807) is 24.3 Å². The Labute approximate surface area is 119 Å². The largest absolute Gasteiger partial charge is 0.433 e. The minimum atomic E-state index is -4.46. The molecule has 3 nitrogen and oxygen atoms in total. The number of hydrogen-bond acceptors (Lipinski definition) is 2. The van der Waals surface area contributed by atoms with Gasteiger partial charge >= 0.3 is 6.18 Å². The topological polar surface area (TPSA) is 42.0 Å². The molecule has 0 aliphatic rings. The highest BCUT2D eigenvalue weighted by Gasteiger charge is 2.32. The molecule has 1 aromatic heterocycles. The number of nitrogens with zero attached hydrogens (tertiary/aromatic N) is 1. The number of amides is 1. The van der Waals surface area contributed by atoms with Gasteiger partial charge in [-0.1, -0.05) is 30.3 Å². The van der Waals surface area contributed by atoms with Crippen LogP contribution in [0.3, 0.4) is 0 Å². The van der Waals surface area contributed by atoms with Crippen LogP contribution in [-0.4, -0.2) is 17.9 Å². The lowest BCUT2D eigenvalue weighted by Crippen LogP contribution is -2.20. The third-order valence-electron chi connectivity index (χ3n) is 3.01. The number of pyridine rings is 1. The molecule has 2 rings (SSSR count). The molecular weight excluding hydrogens is 281 g/mol. The summed E-state index contributed by atoms with van der Waals surface area (Å²) in [6.07, 6.45) is -3.13. The molecule has 0 fully saturated rings. The van der Waals surface area contributed by atoms with Crippen LogP contribution in [0.5, 0.6) is 0 Å². The molecule has 110 valence electrons. The van der Waals surface area contributed by atoms with E-state index < -0.39 is 11.9 Å². The van der Waals surface area contributed by atoms with E-state index >= 15 is 0 Å². The highest BCUT2D eigenvalue weighted by Crippen LogP contribution is 2.30. The molecule has 0 bridgehead atoms. The molecule has 0 unspecified atom stereocenters. The Kier molecular flexibility index (Phi) is 4.26. The molecule has 0 radical (unpaired) electrons. The van der Waals surface area contributed by atoms with Crippen molar-refractivity contribution in [1.29, 1.82) is 0 Å². The minimum Gasteiger partial charge on any atom is -0.359 e. The second-order valence-electron chi connectivity index (χ2n) is 4.44. The van der Waals surface area contributed by atoms with E-state index in [4.69, 9.17) is 0 Å². The van der Waals surface area contributed by atoms with Gasteiger partial charge in [0.2, 0.25) is 5.91 Å². The van der Waals surface area contributed by atoms with E-state index in [-0.39, 0.29) is 12.3 Å². The molecule has 0 aliphatic carbocycles. The van der Waals surface area contributed by atoms with Gasteiger partial charge in [-0.25, -0.2) is 0 Å². The molecule has 0 saturated heterocycles. The van der Waals surface area contributed by atoms with Crippen molar-refractivity contribution in [3.63, 3.8) is 0 Å². The average Bonchev–Trinajstić information content (AvgIpc) is 2.47. The number of hydrogen-bond donors (Lipinski definition) is 1. The summed E-state index contributed by atoms with van der Waals surface area (Å²) in [5, 5.41) is 2.52. The predicted octanol–water partition coefficient (Wildman–Crippen LogP) is 3.06. The Morgan fingerprint density at radius 1 is 1.19 bits per heavy atom. The molecule has 1 N–H and O–H groups in total. The summed E-state index contributed by atoms with van der Waals surface area (Å²) in [5.74, 6) is -0.165. The van der Waals surface area contributed by atoms with E-state index in [1.165, 1.54) is 19.3 Å². The summed E-state index contributed by atoms with van der Waals surface area (Å²) in [6, 6.07) is 9.36. The van der Waals surface area contributed by atoms with Crippen molar-refractivity contribution in [2.75, 3.05) is 7.05 Å². The maximum atomic E-state index is 12.5. The van der Waals surface area contributed by atoms with Gasteiger partial charge in [0.25, 0.3) is 0 Å². The molecule has 0 saturated carbocycles. The molecule has 2 aromatic rings. The van der Waals surface area contributed by atoms with Crippen LogP contribution in [0.2, 0.25) is 0 Å². The summed E-state index contributed by atoms with van der Waals surface area (Å²) in [7, 11) is 1.53. The van der Waals surface area contributed by atoms with Crippen LogP contribution in [0.1, 0.15) is 11.3 Å². The minimum absolute atomic E-state index is 0.160. The fourth-order valence-electron chi connectivity index (χ4n) is 1.94. The normalized spacial score (nSPS) is 11.2. The van der Waals surface area contributed by atoms with E-state index in [1.807, 2.05) is 0 Å². The Morgan fingerprint density at radius 2 is 1.90 bits per heavy atom. The van der Waals surface area contributed by atoms with Gasteiger partial charge in [0.1, 0.15) is 5.69 Å². The van der Waals surface area contributed by atoms with Crippen LogP contribution in [0.4, 0.5) is 13.2 Å². The van der Waals surface area contributed by atoms with Crippen molar-refractivity contribution < 1.29 is 18.0 Å². The lowest BCUT2D eigenvalue weighted by Gasteiger charge is -2.10. The van der Waals surface area contributed by atoms with Gasteiger partial charge in [-0.2, -0.15) is 13.2 Å². The first-order chi connectivity index (χ1) is 9.91. The highest BCUT2D eigenvalue weighted by molar-refractivity contribution is 5.81. The van der Waals surface area contributed by atoms with Gasteiger partial charge in [-0.3, -0.25) is 9.78 Å². The summed E-state index contributed by atoms with van der Waals surface area (Å²) in [5.41, 5.74) is 1.04. The first-order valence-corrected chi connectivity index (χ1v) is 6.24. The molecule has 0 atom stereocenters. The van der Waals surface area contributed by atoms with Crippen molar-refractivity contribution in [1.82, 2.24) is 10.3 Å². The zero-order valence-corrected chi connectivity index (χ0v) is 11.2. The molecule has 0 spiro atoms. The molecule has 0 aliphatic heterocycles. The van der Waals surface area contributed by atoms with E-state index in [0.29, 0.717) is 11.1 Å². The number of nitrogens with one attached hydrogen (secondary N) is 1. The monoisotopic (exact) mass is 294 g/mol. The quantitative estimate of drug-likeness (QED) is 0.945. The van der Waals surface area contributed by atoms with E-state index in [0.717, 1.165) is 11.6 Å². The van der Waals surface area contributed by atoms with Gasteiger partial charge in [0.05, 0.1) is 6.42 Å². The second-order valence-corrected chi connectivity index (χ2v) is 4.44. The van der Waals surface area contributed by atoms with Crippen LogP contribution in [0.25, 0.3) is 11.1 Å². The Morgan fingerprint density at radius 3 is 2.48 bits per heavy atom. The van der Waals surface area contributed by atoms with Gasteiger partial charge in [0, 0.05) is 18.8 Å². The molecule has 21 heavy (non-hydrogen) atoms. The Bertz CT molecular complexity index is 636. The third-order valence-corrected chi connectivity index (χ3v) is 3.01. The molecular formula is C15H13F3N2O. The van der Waals surface area contributed by atoms with Crippen LogP contribution >= 0.6 is 0 Å². The zero-order chi connectivity index (χ0) is 15.5. The Balaban J connectivity index is 2.36. The zero-order valence-electron chi connectivity index (χ0n) is 11.2. The third kappa shape index (κ3) is 3.59. The number of benzene rings is 1. The van der Waals surface area contributed by atoms with E-state index in [2.05, 4.69) is 10.3 Å². The lowest BCUT2D eigenvalue weighted by molar-refractivity contribution is -0.141. The summed E-state index contributed by atoms with van der Waals surface area (Å²) >= 11 is 0. The fraction of sp³-hybridized carbons (Fsp3) is 0.200. The number of alkyl halides is 3. The number of rotatable bonds is 3. The maximum Gasteiger partial charge on any atom is 0.433 e. The standard InChI is InChI=1S/C15H13F3N2O/c1-19-14(21)8-10-4-2-3-5-12(10)11-6-7-13(20-9-11)15(16,17)18/h2-7,9H,8H2,1H3,(H,19,21). The molecule has 1 heterocycles. The van der Waals surface area contributed by atoms with Gasteiger partial charge in [-0.05, 0) is 17.2 Å². The summed E-state index contributed by atoms with van der Waals surface area (Å²) < 4.78 is 37.5. The van der Waals surface area contributed by atoms with E-state index in [9.17, 15) is 18.0 Å². The smallest absolute Gasteiger partial charge is 0.359 e. The molecule has 1 amide bonds. The van der Waals surface area contributed by atoms with Gasteiger partial charge in [0.15, 0.2) is 0 Å². The molecule has 6 heteroatoms. The van der Waals surface area contributed by atoms with Crippen molar-refractivity contribution >= 4 is 5.91 Å². The van der Waals surface area contributed by atoms with Crippen molar-refractivity contribution in [2.24, 2.45) is 0 Å². The van der Waals surface area contributed by atoms with Crippen LogP contribution in [0.15, 0.2) is 42.6 Å². The first-order valence-electron chi connectivity index (χ1n) is 6.24. The van der Waals surface area contributed by atoms with Gasteiger partial charge < -0.3 is 5.32 Å². The highest BCUT2D eigenvalue weighted by atomic mass is 19.4. The number of carbonyl (C=O) groups excluding carboxylic acids is 1. The fourth-order valence-corrected chi connectivity index (χ4v) is 1.94. The van der Waals surface area contributed by atoms with Crippen molar-refractivity contribution in [3.05, 3.63) is 53.9 Å². The van der Waals surface area contributed by atoms with Gasteiger partial charge in [-0.15, -0.1) is 0 Å². The first kappa shape index (κ1) is 15.0. The van der Waals surface area contributed by atoms with Crippen LogP contribution < -0.4 is 5.32 Å². The number of likely N-dealkylation sites (N-methyl/N-ethyl adjacent to an activating group) is 1. The van der Waals surface area contributed by atoms with Crippen molar-refractivity contribution in [3.8, 4) is 11.1 Å². The number of halogens is 3. The maximum absolute atomic E-state index is 12.5. The summed E-state index contributed by atoms with van der Waals surface area (Å²) in [4.78, 5) is 14.9. The second kappa shape index (κ2) is 5.95. The SMILES string of the molecule is CNC(=O)Cc1ccccc1-c1ccc(C(F)(F)F)nc1. The predicted molar refractivity (Wildman–Crippen MR) is 72.4 cm³/mol. The number of carbonyl (C=O) groups is 1. The number of aromatic nitrogens is 1. The van der Waals surface area contributed by atoms with Crippen molar-refractivity contribution in [2.45, 2.75) is 12.6 Å². The van der Waals surface area contributed by atoms with Crippen LogP contribution in [0, 0.1) is 0 Å². The Hall–Kier alpha value is -2.37. The average molecular weight is 294 g/mol. The lowest BCUT2D eigenvalue weighted by atomic mass is 9.98. The summed E-state index contributed by atoms with van der Waals surface area (Å²) in [6.45, 7) is 0. The van der Waals surface area contributed by atoms with Crippen LogP contribution in [-0.2, 0) is 17.4 Å².